The molecule has 96 valence electrons. The van der Waals surface area contributed by atoms with E-state index in [4.69, 9.17) is 33.9 Å². The van der Waals surface area contributed by atoms with Gasteiger partial charge < -0.3 is 0 Å². The molecular weight excluding hydrogens is 324 g/mol. The van der Waals surface area contributed by atoms with Crippen molar-refractivity contribution in [3.05, 3.63) is 33.8 Å². The van der Waals surface area contributed by atoms with E-state index in [9.17, 15) is 21.6 Å². The van der Waals surface area contributed by atoms with Gasteiger partial charge in [0.15, 0.2) is 5.25 Å². The Balaban J connectivity index is 3.49. The maximum absolute atomic E-state index is 12.6. The molecule has 0 N–H and O–H groups in total. The van der Waals surface area contributed by atoms with Crippen LogP contribution in [0.1, 0.15) is 10.8 Å². The third-order valence-corrected chi connectivity index (χ3v) is 4.02. The second-order valence-corrected chi connectivity index (χ2v) is 6.62. The van der Waals surface area contributed by atoms with E-state index in [2.05, 4.69) is 0 Å². The van der Waals surface area contributed by atoms with Crippen molar-refractivity contribution in [3.8, 4) is 0 Å². The Kier molecular flexibility index (Phi) is 4.24. The Morgan fingerprint density at radius 1 is 1.18 bits per heavy atom. The van der Waals surface area contributed by atoms with Crippen LogP contribution in [0, 0.1) is 0 Å². The van der Waals surface area contributed by atoms with Gasteiger partial charge in [-0.15, -0.1) is 0 Å². The van der Waals surface area contributed by atoms with Crippen LogP contribution in [0.2, 0.25) is 10.0 Å². The molecule has 0 aliphatic carbocycles. The highest BCUT2D eigenvalue weighted by Crippen LogP contribution is 2.44. The molecule has 0 amide bonds. The number of benzene rings is 1. The van der Waals surface area contributed by atoms with E-state index in [0.717, 1.165) is 12.1 Å². The van der Waals surface area contributed by atoms with Crippen LogP contribution < -0.4 is 0 Å². The highest BCUT2D eigenvalue weighted by atomic mass is 35.7. The van der Waals surface area contributed by atoms with Crippen LogP contribution in [0.15, 0.2) is 18.2 Å². The fourth-order valence-corrected chi connectivity index (χ4v) is 3.08. The topological polar surface area (TPSA) is 34.1 Å². The summed E-state index contributed by atoms with van der Waals surface area (Å²) in [5, 5.41) is -3.34. The molecule has 0 heterocycles. The predicted molar refractivity (Wildman–Crippen MR) is 60.0 cm³/mol. The zero-order valence-corrected chi connectivity index (χ0v) is 10.9. The van der Waals surface area contributed by atoms with Crippen LogP contribution in [0.4, 0.5) is 13.2 Å². The summed E-state index contributed by atoms with van der Waals surface area (Å²) in [7, 11) is -0.118. The molecule has 1 aromatic carbocycles. The molecule has 0 aromatic heterocycles. The average Bonchev–Trinajstić information content (AvgIpc) is 2.06. The molecule has 1 unspecified atom stereocenters. The molecule has 0 saturated heterocycles. The second kappa shape index (κ2) is 4.84. The third-order valence-electron chi connectivity index (χ3n) is 1.82. The Labute approximate surface area is 110 Å². The van der Waals surface area contributed by atoms with Crippen molar-refractivity contribution < 1.29 is 21.6 Å². The molecule has 0 aliphatic heterocycles. The summed E-state index contributed by atoms with van der Waals surface area (Å²) in [5.41, 5.74) is -0.693. The van der Waals surface area contributed by atoms with Gasteiger partial charge in [0, 0.05) is 26.3 Å². The standard InChI is InChI=1S/C8H4Cl3F3O2S/c9-4-1-2-6(10)5(3-4)7(8(12,13)14)17(11,15)16/h1-3,7H. The second-order valence-electron chi connectivity index (χ2n) is 3.06. The van der Waals surface area contributed by atoms with Gasteiger partial charge in [0.1, 0.15) is 0 Å². The highest BCUT2D eigenvalue weighted by Gasteiger charge is 2.50. The summed E-state index contributed by atoms with van der Waals surface area (Å²) in [6, 6.07) is 3.13. The van der Waals surface area contributed by atoms with Crippen molar-refractivity contribution in [3.63, 3.8) is 0 Å². The molecule has 0 saturated carbocycles. The normalized spacial score (nSPS) is 14.7. The first kappa shape index (κ1) is 14.9. The minimum atomic E-state index is -5.07. The maximum atomic E-state index is 12.6. The van der Waals surface area contributed by atoms with Crippen LogP contribution in [0.5, 0.6) is 0 Å². The van der Waals surface area contributed by atoms with Gasteiger partial charge in [-0.3, -0.25) is 0 Å². The Morgan fingerprint density at radius 3 is 2.12 bits per heavy atom. The van der Waals surface area contributed by atoms with E-state index in [0.29, 0.717) is 0 Å². The lowest BCUT2D eigenvalue weighted by Gasteiger charge is -2.18. The van der Waals surface area contributed by atoms with E-state index < -0.39 is 26.0 Å². The number of hydrogen-bond donors (Lipinski definition) is 0. The van der Waals surface area contributed by atoms with Crippen molar-refractivity contribution in [2.75, 3.05) is 0 Å². The number of rotatable bonds is 2. The van der Waals surface area contributed by atoms with Gasteiger partial charge in [-0.25, -0.2) is 8.42 Å². The first-order valence-corrected chi connectivity index (χ1v) is 7.11. The van der Waals surface area contributed by atoms with Crippen molar-refractivity contribution in [2.45, 2.75) is 11.4 Å². The Morgan fingerprint density at radius 2 is 1.71 bits per heavy atom. The predicted octanol–water partition coefficient (Wildman–Crippen LogP) is 4.17. The van der Waals surface area contributed by atoms with Crippen LogP contribution in [-0.2, 0) is 9.05 Å². The SMILES string of the molecule is O=S(=O)(Cl)C(c1cc(Cl)ccc1Cl)C(F)(F)F. The molecule has 1 aromatic rings. The molecule has 17 heavy (non-hydrogen) atoms. The van der Waals surface area contributed by atoms with Crippen molar-refractivity contribution in [1.82, 2.24) is 0 Å². The summed E-state index contributed by atoms with van der Waals surface area (Å²) in [6.45, 7) is 0. The average molecular weight is 328 g/mol. The van der Waals surface area contributed by atoms with Crippen molar-refractivity contribution >= 4 is 42.9 Å². The summed E-state index contributed by atoms with van der Waals surface area (Å²) < 4.78 is 59.9. The number of hydrogen-bond acceptors (Lipinski definition) is 2. The lowest BCUT2D eigenvalue weighted by Crippen LogP contribution is -2.26. The molecule has 0 bridgehead atoms. The largest absolute Gasteiger partial charge is 0.410 e. The van der Waals surface area contributed by atoms with E-state index in [1.54, 1.807) is 0 Å². The van der Waals surface area contributed by atoms with Crippen LogP contribution in [-0.4, -0.2) is 14.6 Å². The fourth-order valence-electron chi connectivity index (χ4n) is 1.20. The lowest BCUT2D eigenvalue weighted by molar-refractivity contribution is -0.131. The quantitative estimate of drug-likeness (QED) is 0.764. The lowest BCUT2D eigenvalue weighted by atomic mass is 10.1. The molecule has 1 atom stereocenters. The maximum Gasteiger partial charge on any atom is 0.410 e. The van der Waals surface area contributed by atoms with Crippen molar-refractivity contribution in [2.24, 2.45) is 0 Å². The number of alkyl halides is 3. The Hall–Kier alpha value is -0.170. The van der Waals surface area contributed by atoms with Crippen LogP contribution >= 0.6 is 33.9 Å². The molecule has 0 radical (unpaired) electrons. The molecule has 1 rings (SSSR count). The smallest absolute Gasteiger partial charge is 0.211 e. The Bertz CT molecular complexity index is 527. The van der Waals surface area contributed by atoms with Crippen LogP contribution in [0.3, 0.4) is 0 Å². The third kappa shape index (κ3) is 3.64. The molecule has 0 spiro atoms. The first-order valence-electron chi connectivity index (χ1n) is 3.98. The summed E-state index contributed by atoms with van der Waals surface area (Å²) in [4.78, 5) is 0. The summed E-state index contributed by atoms with van der Waals surface area (Å²) >= 11 is 11.0. The summed E-state index contributed by atoms with van der Waals surface area (Å²) in [5.74, 6) is 0. The molecule has 9 heteroatoms. The highest BCUT2D eigenvalue weighted by molar-refractivity contribution is 8.14. The molecule has 0 fully saturated rings. The minimum absolute atomic E-state index is 0.0704. The van der Waals surface area contributed by atoms with Gasteiger partial charge in [-0.2, -0.15) is 13.2 Å². The van der Waals surface area contributed by atoms with Gasteiger partial charge in [-0.05, 0) is 18.2 Å². The minimum Gasteiger partial charge on any atom is -0.211 e. The van der Waals surface area contributed by atoms with E-state index in [1.807, 2.05) is 0 Å². The van der Waals surface area contributed by atoms with Gasteiger partial charge in [-0.1, -0.05) is 23.2 Å². The summed E-state index contributed by atoms with van der Waals surface area (Å²) in [6.07, 6.45) is -5.07. The van der Waals surface area contributed by atoms with Gasteiger partial charge in [0.05, 0.1) is 0 Å². The zero-order chi connectivity index (χ0) is 13.4. The molecular formula is C8H4Cl3F3O2S. The first-order chi connectivity index (χ1) is 7.53. The van der Waals surface area contributed by atoms with Gasteiger partial charge in [0.2, 0.25) is 9.05 Å². The van der Waals surface area contributed by atoms with Gasteiger partial charge in [0.25, 0.3) is 0 Å². The number of halogens is 6. The molecule has 2 nitrogen and oxygen atoms in total. The van der Waals surface area contributed by atoms with Gasteiger partial charge >= 0.3 is 6.18 Å². The zero-order valence-electron chi connectivity index (χ0n) is 7.80. The van der Waals surface area contributed by atoms with Crippen LogP contribution in [0.25, 0.3) is 0 Å². The van der Waals surface area contributed by atoms with E-state index >= 15 is 0 Å². The molecule has 0 aliphatic rings. The van der Waals surface area contributed by atoms with Crippen molar-refractivity contribution in [1.29, 1.82) is 0 Å². The van der Waals surface area contributed by atoms with E-state index in [1.165, 1.54) is 6.07 Å². The fraction of sp³-hybridized carbons (Fsp3) is 0.250. The monoisotopic (exact) mass is 326 g/mol. The van der Waals surface area contributed by atoms with E-state index in [-0.39, 0.29) is 10.0 Å².